The molecular weight excluding hydrogens is 1510 g/mol. The molecule has 0 saturated heterocycles. The molecule has 0 aliphatic heterocycles. The van der Waals surface area contributed by atoms with Crippen LogP contribution in [0.25, 0.3) is 0 Å². The van der Waals surface area contributed by atoms with Gasteiger partial charge in [-0.25, -0.2) is 8.42 Å². The van der Waals surface area contributed by atoms with E-state index in [0.717, 1.165) is 226 Å². The van der Waals surface area contributed by atoms with Crippen molar-refractivity contribution >= 4 is 9.84 Å². The highest BCUT2D eigenvalue weighted by Crippen LogP contribution is 2.73. The molecule has 120 heavy (non-hydrogen) atoms. The highest BCUT2D eigenvalue weighted by molar-refractivity contribution is 7.92. The molecule has 698 valence electrons. The number of hydrogen-bond acceptors (Lipinski definition) is 12. The maximum Gasteiger partial charge on any atom is 0.181 e. The van der Waals surface area contributed by atoms with Gasteiger partial charge in [0.2, 0.25) is 0 Å². The van der Waals surface area contributed by atoms with Crippen molar-refractivity contribution in [1.29, 1.82) is 0 Å². The Morgan fingerprint density at radius 1 is 0.350 bits per heavy atom. The van der Waals surface area contributed by atoms with Crippen LogP contribution in [0.5, 0.6) is 0 Å². The minimum atomic E-state index is -3.63. The van der Waals surface area contributed by atoms with Crippen molar-refractivity contribution in [2.45, 2.75) is 439 Å². The third-order valence-corrected chi connectivity index (χ3v) is 43.5. The van der Waals surface area contributed by atoms with Crippen LogP contribution in [-0.2, 0) is 24.0 Å². The summed E-state index contributed by atoms with van der Waals surface area (Å²) in [6, 6.07) is 9.04. The molecule has 15 fully saturated rings. The normalized spacial score (nSPS) is 47.6. The van der Waals surface area contributed by atoms with Crippen LogP contribution in [0, 0.1) is 157 Å². The first kappa shape index (κ1) is 103. The van der Waals surface area contributed by atoms with Crippen LogP contribution in [0.1, 0.15) is 395 Å². The third kappa shape index (κ3) is 20.4. The van der Waals surface area contributed by atoms with E-state index in [4.69, 9.17) is 19.3 Å². The molecular formula is C107H192O12S. The van der Waals surface area contributed by atoms with Crippen LogP contribution < -0.4 is 0 Å². The Kier molecular flexibility index (Phi) is 34.0. The Bertz CT molecular complexity index is 3300. The number of ether oxygens (including phenoxy) is 3. The summed E-state index contributed by atoms with van der Waals surface area (Å²) in [6.45, 7) is 31.5. The molecule has 0 radical (unpaired) electrons. The van der Waals surface area contributed by atoms with Crippen molar-refractivity contribution in [3.8, 4) is 0 Å². The maximum atomic E-state index is 14.5. The molecule has 7 N–H and O–H groups in total. The number of rotatable bonds is 20. The van der Waals surface area contributed by atoms with Crippen LogP contribution >= 0.6 is 0 Å². The lowest BCUT2D eigenvalue weighted by atomic mass is 9.43. The molecule has 1 aromatic carbocycles. The van der Waals surface area contributed by atoms with E-state index in [-0.39, 0.29) is 41.0 Å². The molecule has 0 spiro atoms. The molecule has 15 aliphatic carbocycles. The van der Waals surface area contributed by atoms with Crippen molar-refractivity contribution in [2.24, 2.45) is 157 Å². The summed E-state index contributed by atoms with van der Waals surface area (Å²) >= 11 is 0. The molecule has 1 unspecified atom stereocenters. The van der Waals surface area contributed by atoms with Crippen molar-refractivity contribution in [2.75, 3.05) is 48.3 Å². The Morgan fingerprint density at radius 3 is 0.958 bits per heavy atom. The maximum absolute atomic E-state index is 14.5. The van der Waals surface area contributed by atoms with Crippen LogP contribution in [-0.4, -0.2) is 131 Å². The number of aliphatic hydroxyl groups is 7. The second kappa shape index (κ2) is 39.8. The first-order valence-electron chi connectivity index (χ1n) is 49.3. The average Bonchev–Trinajstić information content (AvgIpc) is 1.41. The van der Waals surface area contributed by atoms with Gasteiger partial charge in [-0.05, 0) is 472 Å². The first-order valence-corrected chi connectivity index (χ1v) is 50.8. The summed E-state index contributed by atoms with van der Waals surface area (Å²) in [7, 11) is 2.71. The molecule has 0 aromatic heterocycles. The fourth-order valence-corrected chi connectivity index (χ4v) is 36.3. The quantitative estimate of drug-likeness (QED) is 0.0652. The van der Waals surface area contributed by atoms with Gasteiger partial charge >= 0.3 is 0 Å². The second-order valence-corrected chi connectivity index (χ2v) is 49.8. The van der Waals surface area contributed by atoms with Gasteiger partial charge in [0.05, 0.1) is 43.8 Å². The van der Waals surface area contributed by atoms with Crippen molar-refractivity contribution < 1.29 is 58.4 Å². The molecule has 0 heterocycles. The van der Waals surface area contributed by atoms with Crippen LogP contribution in [0.4, 0.5) is 0 Å². The lowest BCUT2D eigenvalue weighted by molar-refractivity contribution is -0.148. The minimum absolute atomic E-state index is 0. The smallest absolute Gasteiger partial charge is 0.181 e. The predicted molar refractivity (Wildman–Crippen MR) is 497 cm³/mol. The van der Waals surface area contributed by atoms with Gasteiger partial charge in [0, 0.05) is 48.3 Å². The highest BCUT2D eigenvalue weighted by Gasteiger charge is 2.66. The Hall–Kier alpha value is -1.23. The van der Waals surface area contributed by atoms with Gasteiger partial charge in [0.15, 0.2) is 9.84 Å². The Balaban J connectivity index is 0.000000201. The largest absolute Gasteiger partial charge is 0.400 e. The van der Waals surface area contributed by atoms with Crippen molar-refractivity contribution in [3.05, 3.63) is 30.3 Å². The molecule has 0 bridgehead atoms. The van der Waals surface area contributed by atoms with Gasteiger partial charge in [-0.1, -0.05) is 110 Å². The SMILES string of the molecule is C.C.C.C.CO.COCC1CCC(O)(CC([C@@H](C)[C@H]2CC[C@H]3[C@@H]4CC[C@H]5C[C@@](C)(O)CC[C@]5(C)[C@H]4CC[C@]23C)S(=O)(=O)c2ccccc2)CC1.COCC1CCC(O)(CC[C@@H](C)[C@H]2CC[C@H]3[C@@H]4CC[C@H]5C[C@@](C)(O)CC[C@]5(C)[C@H]4CC[C@]23C)CC1.COCC1CCC(O)(CC[C@@H](C)[C@H]2CC[C@H]3[C@@H]4CC[C@H]5C[C@@](C)(O)CC[C@]5(C)[C@H]4CC[C@]23C)CC1. The molecule has 15 saturated carbocycles. The summed E-state index contributed by atoms with van der Waals surface area (Å²) in [4.78, 5) is 0.399. The van der Waals surface area contributed by atoms with E-state index in [1.807, 2.05) is 25.1 Å². The zero-order valence-corrected chi connectivity index (χ0v) is 77.7. The van der Waals surface area contributed by atoms with Gasteiger partial charge < -0.3 is 50.0 Å². The van der Waals surface area contributed by atoms with Gasteiger partial charge in [-0.3, -0.25) is 0 Å². The predicted octanol–water partition coefficient (Wildman–Crippen LogP) is 24.7. The van der Waals surface area contributed by atoms with E-state index >= 15 is 0 Å². The van der Waals surface area contributed by atoms with E-state index in [2.05, 4.69) is 76.2 Å². The van der Waals surface area contributed by atoms with Gasteiger partial charge in [-0.2, -0.15) is 0 Å². The molecule has 12 nitrogen and oxygen atoms in total. The lowest BCUT2D eigenvalue weighted by Crippen LogP contribution is -2.56. The minimum Gasteiger partial charge on any atom is -0.400 e. The van der Waals surface area contributed by atoms with Crippen molar-refractivity contribution in [3.63, 3.8) is 0 Å². The number of aliphatic hydroxyl groups excluding tert-OH is 1. The summed E-state index contributed by atoms with van der Waals surface area (Å²) in [5.74, 6) is 14.7. The zero-order valence-electron chi connectivity index (χ0n) is 76.9. The Morgan fingerprint density at radius 2 is 0.642 bits per heavy atom. The van der Waals surface area contributed by atoms with Crippen molar-refractivity contribution in [1.82, 2.24) is 0 Å². The average molecular weight is 1700 g/mol. The molecule has 16 rings (SSSR count). The summed E-state index contributed by atoms with van der Waals surface area (Å²) in [5, 5.41) is 73.5. The van der Waals surface area contributed by atoms with E-state index in [1.54, 1.807) is 33.5 Å². The number of sulfone groups is 1. The van der Waals surface area contributed by atoms with Gasteiger partial charge in [-0.15, -0.1) is 0 Å². The molecule has 28 atom stereocenters. The standard InChI is InChI=1S/C38H60O5S.2C32H56O3.CH4O.4CH4/c1-26(34(44(41,42)29-9-7-6-8-10-29)24-38(40)19-15-27(16-20-38)25-43-5)31-13-14-32-30-12-11-28-23-35(2,39)21-22-36(28,3)33(30)17-18-37(31,32)4;2*1-22(10-15-32(34)16-11-23(12-17-32)21-35-5)26-8-9-27-25-7-6-24-20-29(2,33)18-19-30(24,3)28(25)13-14-31(26,27)4;1-2;;;;/h6-10,26-28,30-34,39-40H,11-25H2,1-5H3;2*22-28,33-34H,6-21H2,1-5H3;2H,1H3;4*1H4/t26-,27?,28-,30-,31+,32-,33-,34?,35-,36-,37+,38?;2*22-,23?,24+,25+,26-,27+,28+,29+,30+,31-,32?;;;;;/m011...../s1. The molecule has 0 amide bonds. The van der Waals surface area contributed by atoms with E-state index in [0.29, 0.717) is 99.3 Å². The second-order valence-electron chi connectivity index (χ2n) is 47.6. The summed E-state index contributed by atoms with van der Waals surface area (Å²) in [6.07, 6.45) is 49.7. The van der Waals surface area contributed by atoms with Crippen LogP contribution in [0.15, 0.2) is 35.2 Å². The fourth-order valence-electron chi connectivity index (χ4n) is 34.1. The van der Waals surface area contributed by atoms with E-state index < -0.39 is 48.7 Å². The third-order valence-electron chi connectivity index (χ3n) is 41.2. The topological polar surface area (TPSA) is 203 Å². The van der Waals surface area contributed by atoms with Crippen LogP contribution in [0.2, 0.25) is 0 Å². The van der Waals surface area contributed by atoms with Gasteiger partial charge in [0.25, 0.3) is 0 Å². The lowest BCUT2D eigenvalue weighted by Gasteiger charge is -2.62. The number of hydrogen-bond donors (Lipinski definition) is 7. The van der Waals surface area contributed by atoms with E-state index in [9.17, 15) is 39.1 Å². The number of fused-ring (bicyclic) bond motifs is 15. The summed E-state index contributed by atoms with van der Waals surface area (Å²) in [5.41, 5.74) is -0.797. The van der Waals surface area contributed by atoms with E-state index in [1.165, 1.54) is 135 Å². The number of methoxy groups -OCH3 is 3. The first-order chi connectivity index (χ1) is 54.7. The van der Waals surface area contributed by atoms with Crippen LogP contribution in [0.3, 0.4) is 0 Å². The number of benzene rings is 1. The molecule has 13 heteroatoms. The Labute approximate surface area is 738 Å². The molecule has 15 aliphatic rings. The highest BCUT2D eigenvalue weighted by atomic mass is 32.2. The molecule has 1 aromatic rings. The fraction of sp³-hybridized carbons (Fsp3) is 0.944. The monoisotopic (exact) mass is 1700 g/mol. The van der Waals surface area contributed by atoms with Gasteiger partial charge in [0.1, 0.15) is 0 Å². The zero-order chi connectivity index (χ0) is 83.7. The summed E-state index contributed by atoms with van der Waals surface area (Å²) < 4.78 is 45.1.